The Labute approximate surface area is 183 Å². The van der Waals surface area contributed by atoms with E-state index in [-0.39, 0.29) is 18.6 Å². The van der Waals surface area contributed by atoms with Crippen molar-refractivity contribution in [2.75, 3.05) is 39.9 Å². The fraction of sp³-hybridized carbons (Fsp3) is 0.269. The number of hydrogen-bond donors (Lipinski definition) is 0. The van der Waals surface area contributed by atoms with E-state index in [0.717, 1.165) is 13.1 Å². The highest BCUT2D eigenvalue weighted by molar-refractivity contribution is 5.78. The Morgan fingerprint density at radius 2 is 1.29 bits per heavy atom. The predicted octanol–water partition coefficient (Wildman–Crippen LogP) is 4.01. The Balaban J connectivity index is 1.39. The second kappa shape index (κ2) is 10.1. The van der Waals surface area contributed by atoms with Crippen molar-refractivity contribution in [1.29, 1.82) is 0 Å². The van der Waals surface area contributed by atoms with Crippen LogP contribution in [0.5, 0.6) is 11.5 Å². The Morgan fingerprint density at radius 1 is 0.774 bits per heavy atom. The van der Waals surface area contributed by atoms with Crippen molar-refractivity contribution in [3.63, 3.8) is 0 Å². The molecule has 0 radical (unpaired) electrons. The molecule has 3 aromatic rings. The summed E-state index contributed by atoms with van der Waals surface area (Å²) in [4.78, 5) is 17.1. The van der Waals surface area contributed by atoms with Crippen LogP contribution >= 0.6 is 0 Å². The number of hydrogen-bond acceptors (Lipinski definition) is 4. The lowest BCUT2D eigenvalue weighted by Crippen LogP contribution is -2.51. The number of carbonyl (C=O) groups is 1. The third-order valence-corrected chi connectivity index (χ3v) is 5.68. The average Bonchev–Trinajstić information content (AvgIpc) is 2.84. The van der Waals surface area contributed by atoms with Gasteiger partial charge in [-0.15, -0.1) is 0 Å². The molecule has 4 rings (SSSR count). The summed E-state index contributed by atoms with van der Waals surface area (Å²) in [7, 11) is 1.60. The van der Waals surface area contributed by atoms with Gasteiger partial charge in [-0.3, -0.25) is 9.69 Å². The maximum absolute atomic E-state index is 12.7. The number of rotatable bonds is 7. The SMILES string of the molecule is COc1ccccc1OCC(=O)N1CCN(C(c2ccccc2)c2ccccc2)CC1. The number of amides is 1. The summed E-state index contributed by atoms with van der Waals surface area (Å²) >= 11 is 0. The third kappa shape index (κ3) is 5.06. The lowest BCUT2D eigenvalue weighted by atomic mass is 9.96. The average molecular weight is 417 g/mol. The zero-order valence-corrected chi connectivity index (χ0v) is 17.8. The van der Waals surface area contributed by atoms with E-state index in [1.165, 1.54) is 11.1 Å². The van der Waals surface area contributed by atoms with Crippen molar-refractivity contribution in [2.45, 2.75) is 6.04 Å². The minimum Gasteiger partial charge on any atom is -0.493 e. The molecule has 160 valence electrons. The van der Waals surface area contributed by atoms with Gasteiger partial charge < -0.3 is 14.4 Å². The van der Waals surface area contributed by atoms with Crippen LogP contribution in [-0.4, -0.2) is 55.6 Å². The Kier molecular flexibility index (Phi) is 6.85. The highest BCUT2D eigenvalue weighted by Crippen LogP contribution is 2.29. The van der Waals surface area contributed by atoms with Crippen molar-refractivity contribution in [1.82, 2.24) is 9.80 Å². The molecule has 0 N–H and O–H groups in total. The fourth-order valence-electron chi connectivity index (χ4n) is 4.08. The first-order chi connectivity index (χ1) is 15.3. The van der Waals surface area contributed by atoms with E-state index in [4.69, 9.17) is 9.47 Å². The van der Waals surface area contributed by atoms with Crippen molar-refractivity contribution in [3.05, 3.63) is 96.1 Å². The summed E-state index contributed by atoms with van der Waals surface area (Å²) in [6, 6.07) is 28.7. The summed E-state index contributed by atoms with van der Waals surface area (Å²) in [5, 5.41) is 0. The molecule has 0 aromatic heterocycles. The van der Waals surface area contributed by atoms with Crippen LogP contribution in [0.1, 0.15) is 17.2 Å². The normalized spacial score (nSPS) is 14.5. The van der Waals surface area contributed by atoms with E-state index in [0.29, 0.717) is 24.6 Å². The molecule has 3 aromatic carbocycles. The molecule has 0 saturated carbocycles. The molecule has 0 spiro atoms. The first-order valence-electron chi connectivity index (χ1n) is 10.6. The minimum atomic E-state index is 0.00142. The number of benzene rings is 3. The zero-order chi connectivity index (χ0) is 21.5. The molecule has 1 fully saturated rings. The molecule has 1 heterocycles. The second-order valence-electron chi connectivity index (χ2n) is 7.58. The molecule has 0 unspecified atom stereocenters. The van der Waals surface area contributed by atoms with Crippen LogP contribution in [-0.2, 0) is 4.79 Å². The Morgan fingerprint density at radius 3 is 1.84 bits per heavy atom. The molecular formula is C26H28N2O3. The fourth-order valence-corrected chi connectivity index (χ4v) is 4.08. The highest BCUT2D eigenvalue weighted by atomic mass is 16.5. The van der Waals surface area contributed by atoms with Gasteiger partial charge in [0.05, 0.1) is 13.2 Å². The van der Waals surface area contributed by atoms with E-state index in [1.54, 1.807) is 7.11 Å². The summed E-state index contributed by atoms with van der Waals surface area (Å²) < 4.78 is 11.0. The minimum absolute atomic E-state index is 0.00142. The van der Waals surface area contributed by atoms with Gasteiger partial charge in [0.1, 0.15) is 0 Å². The van der Waals surface area contributed by atoms with Gasteiger partial charge in [0, 0.05) is 26.2 Å². The first kappa shape index (κ1) is 20.9. The summed E-state index contributed by atoms with van der Waals surface area (Å²) in [5.41, 5.74) is 2.54. The van der Waals surface area contributed by atoms with Crippen LogP contribution in [0.4, 0.5) is 0 Å². The Bertz CT molecular complexity index is 931. The second-order valence-corrected chi connectivity index (χ2v) is 7.58. The molecule has 0 bridgehead atoms. The van der Waals surface area contributed by atoms with Crippen LogP contribution in [0.15, 0.2) is 84.9 Å². The maximum atomic E-state index is 12.7. The molecule has 0 aliphatic carbocycles. The third-order valence-electron chi connectivity index (χ3n) is 5.68. The largest absolute Gasteiger partial charge is 0.493 e. The molecule has 1 aliphatic rings. The van der Waals surface area contributed by atoms with Crippen molar-refractivity contribution in [3.8, 4) is 11.5 Å². The topological polar surface area (TPSA) is 42.0 Å². The van der Waals surface area contributed by atoms with Gasteiger partial charge in [0.15, 0.2) is 18.1 Å². The van der Waals surface area contributed by atoms with E-state index in [1.807, 2.05) is 41.3 Å². The van der Waals surface area contributed by atoms with Gasteiger partial charge in [-0.05, 0) is 23.3 Å². The lowest BCUT2D eigenvalue weighted by Gasteiger charge is -2.39. The van der Waals surface area contributed by atoms with Crippen molar-refractivity contribution in [2.24, 2.45) is 0 Å². The predicted molar refractivity (Wildman–Crippen MR) is 121 cm³/mol. The molecule has 1 saturated heterocycles. The van der Waals surface area contributed by atoms with Crippen LogP contribution in [0, 0.1) is 0 Å². The molecule has 5 heteroatoms. The first-order valence-corrected chi connectivity index (χ1v) is 10.6. The van der Waals surface area contributed by atoms with E-state index in [9.17, 15) is 4.79 Å². The quantitative estimate of drug-likeness (QED) is 0.584. The molecular weight excluding hydrogens is 388 g/mol. The zero-order valence-electron chi connectivity index (χ0n) is 17.8. The summed E-state index contributed by atoms with van der Waals surface area (Å²) in [5.74, 6) is 1.22. The summed E-state index contributed by atoms with van der Waals surface area (Å²) in [6.07, 6.45) is 0. The van der Waals surface area contributed by atoms with Crippen LogP contribution < -0.4 is 9.47 Å². The standard InChI is InChI=1S/C26H28N2O3/c1-30-23-14-8-9-15-24(23)31-20-25(29)27-16-18-28(19-17-27)26(21-10-4-2-5-11-21)22-12-6-3-7-13-22/h2-15,26H,16-20H2,1H3. The smallest absolute Gasteiger partial charge is 0.260 e. The number of methoxy groups -OCH3 is 1. The maximum Gasteiger partial charge on any atom is 0.260 e. The van der Waals surface area contributed by atoms with Gasteiger partial charge in [-0.25, -0.2) is 0 Å². The van der Waals surface area contributed by atoms with E-state index in [2.05, 4.69) is 53.4 Å². The van der Waals surface area contributed by atoms with E-state index >= 15 is 0 Å². The summed E-state index contributed by atoms with van der Waals surface area (Å²) in [6.45, 7) is 3.01. The number of carbonyl (C=O) groups excluding carboxylic acids is 1. The molecule has 1 amide bonds. The van der Waals surface area contributed by atoms with Gasteiger partial charge in [0.2, 0.25) is 0 Å². The van der Waals surface area contributed by atoms with Crippen LogP contribution in [0.2, 0.25) is 0 Å². The van der Waals surface area contributed by atoms with Crippen molar-refractivity contribution < 1.29 is 14.3 Å². The number of nitrogens with zero attached hydrogens (tertiary/aromatic N) is 2. The molecule has 5 nitrogen and oxygen atoms in total. The molecule has 31 heavy (non-hydrogen) atoms. The van der Waals surface area contributed by atoms with Gasteiger partial charge in [-0.2, -0.15) is 0 Å². The number of para-hydroxylation sites is 2. The van der Waals surface area contributed by atoms with Crippen molar-refractivity contribution >= 4 is 5.91 Å². The lowest BCUT2D eigenvalue weighted by molar-refractivity contribution is -0.135. The number of ether oxygens (including phenoxy) is 2. The van der Waals surface area contributed by atoms with Crippen LogP contribution in [0.25, 0.3) is 0 Å². The van der Waals surface area contributed by atoms with Gasteiger partial charge in [0.25, 0.3) is 5.91 Å². The van der Waals surface area contributed by atoms with E-state index < -0.39 is 0 Å². The number of piperazine rings is 1. The molecule has 1 aliphatic heterocycles. The van der Waals surface area contributed by atoms with Gasteiger partial charge in [-0.1, -0.05) is 72.8 Å². The Hall–Kier alpha value is -3.31. The monoisotopic (exact) mass is 416 g/mol. The molecule has 0 atom stereocenters. The highest BCUT2D eigenvalue weighted by Gasteiger charge is 2.28. The van der Waals surface area contributed by atoms with Gasteiger partial charge >= 0.3 is 0 Å². The van der Waals surface area contributed by atoms with Crippen LogP contribution in [0.3, 0.4) is 0 Å².